The van der Waals surface area contributed by atoms with E-state index in [-0.39, 0.29) is 5.82 Å². The summed E-state index contributed by atoms with van der Waals surface area (Å²) in [4.78, 5) is 8.32. The van der Waals surface area contributed by atoms with E-state index < -0.39 is 6.04 Å². The highest BCUT2D eigenvalue weighted by Gasteiger charge is 2.22. The average molecular weight is 326 g/mol. The first-order valence-electron chi connectivity index (χ1n) is 5.64. The normalized spacial score (nSPS) is 12.2. The molecule has 6 heteroatoms. The van der Waals surface area contributed by atoms with Gasteiger partial charge in [0.05, 0.1) is 13.2 Å². The maximum atomic E-state index is 14.0. The molecule has 0 bridgehead atoms. The molecular formula is C13H13BrFN3O. The number of nitrogens with zero attached hydrogens (tertiary/aromatic N) is 2. The first kappa shape index (κ1) is 13.9. The first-order chi connectivity index (χ1) is 9.17. The molecule has 0 spiro atoms. The van der Waals surface area contributed by atoms with Gasteiger partial charge in [-0.1, -0.05) is 15.9 Å². The predicted octanol–water partition coefficient (Wildman–Crippen LogP) is 2.70. The number of halogens is 2. The molecule has 19 heavy (non-hydrogen) atoms. The number of nitrogens with one attached hydrogen (secondary N) is 1. The molecule has 1 N–H and O–H groups in total. The minimum atomic E-state index is -0.429. The van der Waals surface area contributed by atoms with Gasteiger partial charge in [0.25, 0.3) is 0 Å². The summed E-state index contributed by atoms with van der Waals surface area (Å²) >= 11 is 3.34. The number of benzene rings is 1. The molecule has 2 aromatic rings. The topological polar surface area (TPSA) is 47.0 Å². The van der Waals surface area contributed by atoms with Gasteiger partial charge in [-0.05, 0) is 25.2 Å². The van der Waals surface area contributed by atoms with Gasteiger partial charge in [0.15, 0.2) is 0 Å². The number of methoxy groups -OCH3 is 1. The Labute approximate surface area is 119 Å². The highest BCUT2D eigenvalue weighted by atomic mass is 79.9. The molecule has 1 heterocycles. The molecule has 0 amide bonds. The highest BCUT2D eigenvalue weighted by Crippen LogP contribution is 2.29. The zero-order valence-corrected chi connectivity index (χ0v) is 12.1. The Kier molecular flexibility index (Phi) is 4.44. The van der Waals surface area contributed by atoms with Crippen molar-refractivity contribution in [1.82, 2.24) is 15.3 Å². The van der Waals surface area contributed by atoms with Crippen LogP contribution in [0.25, 0.3) is 0 Å². The van der Waals surface area contributed by atoms with E-state index in [0.29, 0.717) is 17.1 Å². The number of hydrogen-bond donors (Lipinski definition) is 1. The van der Waals surface area contributed by atoms with Crippen molar-refractivity contribution >= 4 is 15.9 Å². The fourth-order valence-corrected chi connectivity index (χ4v) is 2.25. The van der Waals surface area contributed by atoms with Crippen molar-refractivity contribution in [2.24, 2.45) is 0 Å². The smallest absolute Gasteiger partial charge is 0.237 e. The molecule has 1 unspecified atom stereocenters. The quantitative estimate of drug-likeness (QED) is 0.938. The van der Waals surface area contributed by atoms with Crippen LogP contribution in [0.1, 0.15) is 17.3 Å². The van der Waals surface area contributed by atoms with Gasteiger partial charge in [0.2, 0.25) is 5.88 Å². The van der Waals surface area contributed by atoms with E-state index in [2.05, 4.69) is 31.2 Å². The maximum absolute atomic E-state index is 14.0. The lowest BCUT2D eigenvalue weighted by Gasteiger charge is -2.18. The van der Waals surface area contributed by atoms with E-state index in [1.54, 1.807) is 25.4 Å². The third kappa shape index (κ3) is 2.90. The van der Waals surface area contributed by atoms with E-state index in [1.807, 2.05) is 0 Å². The number of ether oxygens (including phenoxy) is 1. The van der Waals surface area contributed by atoms with Gasteiger partial charge in [0.1, 0.15) is 11.5 Å². The minimum Gasteiger partial charge on any atom is -0.480 e. The number of rotatable bonds is 4. The van der Waals surface area contributed by atoms with Gasteiger partial charge in [0, 0.05) is 22.4 Å². The van der Waals surface area contributed by atoms with Crippen molar-refractivity contribution < 1.29 is 9.13 Å². The zero-order valence-electron chi connectivity index (χ0n) is 10.5. The van der Waals surface area contributed by atoms with Gasteiger partial charge in [-0.3, -0.25) is 4.98 Å². The highest BCUT2D eigenvalue weighted by molar-refractivity contribution is 9.10. The second-order valence-electron chi connectivity index (χ2n) is 3.84. The molecule has 100 valence electrons. The van der Waals surface area contributed by atoms with Gasteiger partial charge >= 0.3 is 0 Å². The Bertz CT molecular complexity index is 580. The molecule has 4 nitrogen and oxygen atoms in total. The van der Waals surface area contributed by atoms with Crippen LogP contribution in [0.2, 0.25) is 0 Å². The van der Waals surface area contributed by atoms with Crippen molar-refractivity contribution in [3.63, 3.8) is 0 Å². The van der Waals surface area contributed by atoms with E-state index in [0.717, 1.165) is 4.47 Å². The first-order valence-corrected chi connectivity index (χ1v) is 6.43. The fraction of sp³-hybridized carbons (Fsp3) is 0.231. The molecule has 1 aromatic carbocycles. The summed E-state index contributed by atoms with van der Waals surface area (Å²) in [7, 11) is 3.25. The molecule has 0 aliphatic heterocycles. The standard InChI is InChI=1S/C13H13BrFN3O/c1-16-11(9-7-8(14)3-4-10(9)15)12-13(19-2)18-6-5-17-12/h3-7,11,16H,1-2H3. The van der Waals surface area contributed by atoms with Crippen LogP contribution in [-0.4, -0.2) is 24.1 Å². The zero-order chi connectivity index (χ0) is 13.8. The molecule has 0 fully saturated rings. The van der Waals surface area contributed by atoms with Crippen LogP contribution in [0, 0.1) is 5.82 Å². The summed E-state index contributed by atoms with van der Waals surface area (Å²) < 4.78 is 19.9. The van der Waals surface area contributed by atoms with Crippen molar-refractivity contribution in [3.05, 3.63) is 52.1 Å². The summed E-state index contributed by atoms with van der Waals surface area (Å²) in [6.07, 6.45) is 3.09. The molecule has 0 saturated heterocycles. The van der Waals surface area contributed by atoms with Crippen LogP contribution in [0.3, 0.4) is 0 Å². The van der Waals surface area contributed by atoms with Gasteiger partial charge < -0.3 is 10.1 Å². The molecule has 0 aliphatic carbocycles. The maximum Gasteiger partial charge on any atom is 0.237 e. The van der Waals surface area contributed by atoms with Gasteiger partial charge in [-0.2, -0.15) is 0 Å². The van der Waals surface area contributed by atoms with E-state index in [9.17, 15) is 4.39 Å². The third-order valence-corrected chi connectivity index (χ3v) is 3.21. The van der Waals surface area contributed by atoms with Crippen molar-refractivity contribution in [2.75, 3.05) is 14.2 Å². The lowest BCUT2D eigenvalue weighted by molar-refractivity contribution is 0.383. The Morgan fingerprint density at radius 2 is 2.05 bits per heavy atom. The summed E-state index contributed by atoms with van der Waals surface area (Å²) in [5, 5.41) is 3.03. The summed E-state index contributed by atoms with van der Waals surface area (Å²) in [6.45, 7) is 0. The van der Waals surface area contributed by atoms with Crippen LogP contribution >= 0.6 is 15.9 Å². The van der Waals surface area contributed by atoms with Crippen molar-refractivity contribution in [1.29, 1.82) is 0 Å². The predicted molar refractivity (Wildman–Crippen MR) is 73.6 cm³/mol. The van der Waals surface area contributed by atoms with Crippen molar-refractivity contribution in [3.8, 4) is 5.88 Å². The Morgan fingerprint density at radius 3 is 2.74 bits per heavy atom. The molecule has 1 atom stereocenters. The Balaban J connectivity index is 2.53. The van der Waals surface area contributed by atoms with Crippen LogP contribution in [0.5, 0.6) is 5.88 Å². The molecular weight excluding hydrogens is 313 g/mol. The lowest BCUT2D eigenvalue weighted by Crippen LogP contribution is -2.21. The molecule has 1 aromatic heterocycles. The Morgan fingerprint density at radius 1 is 1.32 bits per heavy atom. The monoisotopic (exact) mass is 325 g/mol. The number of hydrogen-bond acceptors (Lipinski definition) is 4. The second kappa shape index (κ2) is 6.08. The number of aromatic nitrogens is 2. The molecule has 0 radical (unpaired) electrons. The molecule has 2 rings (SSSR count). The SMILES string of the molecule is CNC(c1cc(Br)ccc1F)c1nccnc1OC. The fourth-order valence-electron chi connectivity index (χ4n) is 1.87. The van der Waals surface area contributed by atoms with Gasteiger partial charge in [-0.25, -0.2) is 9.37 Å². The van der Waals surface area contributed by atoms with Crippen LogP contribution in [-0.2, 0) is 0 Å². The lowest BCUT2D eigenvalue weighted by atomic mass is 10.0. The molecule has 0 aliphatic rings. The van der Waals surface area contributed by atoms with E-state index in [1.165, 1.54) is 19.4 Å². The molecule has 0 saturated carbocycles. The van der Waals surface area contributed by atoms with Crippen LogP contribution < -0.4 is 10.1 Å². The second-order valence-corrected chi connectivity index (χ2v) is 4.75. The minimum absolute atomic E-state index is 0.310. The van der Waals surface area contributed by atoms with Crippen molar-refractivity contribution in [2.45, 2.75) is 6.04 Å². The summed E-state index contributed by atoms with van der Waals surface area (Å²) in [5.41, 5.74) is 1.03. The largest absolute Gasteiger partial charge is 0.480 e. The van der Waals surface area contributed by atoms with E-state index >= 15 is 0 Å². The van der Waals surface area contributed by atoms with Gasteiger partial charge in [-0.15, -0.1) is 0 Å². The summed E-state index contributed by atoms with van der Waals surface area (Å²) in [6, 6.07) is 4.34. The third-order valence-electron chi connectivity index (χ3n) is 2.72. The summed E-state index contributed by atoms with van der Waals surface area (Å²) in [5.74, 6) is 0.0662. The average Bonchev–Trinajstić information content (AvgIpc) is 2.44. The van der Waals surface area contributed by atoms with Crippen LogP contribution in [0.15, 0.2) is 35.1 Å². The van der Waals surface area contributed by atoms with E-state index in [4.69, 9.17) is 4.74 Å². The van der Waals surface area contributed by atoms with Crippen LogP contribution in [0.4, 0.5) is 4.39 Å². The Hall–Kier alpha value is -1.53.